The number of nitrogens with zero attached hydrogens (tertiary/aromatic N) is 6. The molecule has 4 amide bonds. The van der Waals surface area contributed by atoms with Crippen LogP contribution in [0.5, 0.6) is 0 Å². The minimum Gasteiger partial charge on any atom is -0.483 e. The Morgan fingerprint density at radius 3 is 1.96 bits per heavy atom. The van der Waals surface area contributed by atoms with E-state index in [2.05, 4.69) is 25.8 Å². The largest absolute Gasteiger partial charge is 0.483 e. The number of nitrogens with one attached hydrogen (secondary N) is 3. The average molecular weight is 942 g/mol. The molecule has 69 heavy (non-hydrogen) atoms. The second kappa shape index (κ2) is 22.8. The van der Waals surface area contributed by atoms with Crippen LogP contribution in [-0.4, -0.2) is 110 Å². The molecule has 2 atom stereocenters. The maximum atomic E-state index is 14.1. The van der Waals surface area contributed by atoms with Crippen LogP contribution in [-0.2, 0) is 25.7 Å². The Balaban J connectivity index is 0.00000228. The minimum atomic E-state index is -0.967. The van der Waals surface area contributed by atoms with Gasteiger partial charge in [-0.1, -0.05) is 85.6 Å². The van der Waals surface area contributed by atoms with Crippen molar-refractivity contribution in [1.82, 2.24) is 34.4 Å². The van der Waals surface area contributed by atoms with Crippen molar-refractivity contribution in [3.8, 4) is 11.4 Å². The molecule has 1 aliphatic carbocycles. The molecule has 2 aliphatic heterocycles. The van der Waals surface area contributed by atoms with Crippen LogP contribution < -0.4 is 38.8 Å². The number of hydrogen-bond acceptors (Lipinski definition) is 9. The first kappa shape index (κ1) is 49.1. The lowest BCUT2D eigenvalue weighted by atomic mass is 9.78. The number of carboxylic acid groups (broad SMARTS) is 1. The lowest BCUT2D eigenvalue weighted by molar-refractivity contribution is -0.137. The van der Waals surface area contributed by atoms with Gasteiger partial charge in [-0.05, 0) is 78.6 Å². The molecule has 1 aromatic heterocycles. The van der Waals surface area contributed by atoms with Crippen LogP contribution in [0.4, 0.5) is 5.69 Å². The highest BCUT2D eigenvalue weighted by atomic mass is 16.3. The first-order valence-electron chi connectivity index (χ1n) is 23.2. The van der Waals surface area contributed by atoms with E-state index in [0.29, 0.717) is 62.4 Å². The highest BCUT2D eigenvalue weighted by Crippen LogP contribution is 2.45. The quantitative estimate of drug-likeness (QED) is 0.0363. The van der Waals surface area contributed by atoms with Gasteiger partial charge in [-0.15, -0.1) is 0 Å². The van der Waals surface area contributed by atoms with E-state index >= 15 is 0 Å². The number of para-hydroxylation sites is 3. The fraction of sp³-hybridized carbons (Fsp3) is 0.360. The third kappa shape index (κ3) is 11.7. The molecule has 0 bridgehead atoms. The van der Waals surface area contributed by atoms with E-state index < -0.39 is 28.7 Å². The van der Waals surface area contributed by atoms with Crippen LogP contribution in [0.3, 0.4) is 0 Å². The summed E-state index contributed by atoms with van der Waals surface area (Å²) in [6.07, 6.45) is 4.10. The summed E-state index contributed by atoms with van der Waals surface area (Å²) >= 11 is 0. The molecule has 0 spiro atoms. The number of carbonyl (C=O) groups is 5. The fourth-order valence-corrected chi connectivity index (χ4v) is 9.78. The molecular formula is C50H59N11O8. The normalized spacial score (nSPS) is 16.6. The maximum absolute atomic E-state index is 14.1. The summed E-state index contributed by atoms with van der Waals surface area (Å²) in [6.45, 7) is 2.02. The predicted molar refractivity (Wildman–Crippen MR) is 260 cm³/mol. The van der Waals surface area contributed by atoms with E-state index in [1.165, 1.54) is 9.36 Å². The average Bonchev–Trinajstić information content (AvgIpc) is 3.87. The SMILES string of the molecule is NC(N)=NCCC[C@H](NC(=O)CC1(CC(=O)N2CCN(C3c4ccccc4NC(=O)c4ccccc43)CC2)CCCC1)C(=O)NCCn1c(=O)n(-c2ccccc2)n(-c2ccccc2)c1=O.O=CO. The number of rotatable bonds is 16. The van der Waals surface area contributed by atoms with Crippen LogP contribution in [0.1, 0.15) is 78.9 Å². The maximum Gasteiger partial charge on any atom is 0.352 e. The first-order chi connectivity index (χ1) is 33.4. The van der Waals surface area contributed by atoms with E-state index in [4.69, 9.17) is 21.4 Å². The van der Waals surface area contributed by atoms with Crippen molar-refractivity contribution < 1.29 is 29.1 Å². The molecule has 8 N–H and O–H groups in total. The van der Waals surface area contributed by atoms with Crippen molar-refractivity contribution in [3.63, 3.8) is 0 Å². The molecule has 8 rings (SSSR count). The van der Waals surface area contributed by atoms with Crippen molar-refractivity contribution in [2.45, 2.75) is 70.0 Å². The fourth-order valence-electron chi connectivity index (χ4n) is 9.78. The van der Waals surface area contributed by atoms with Gasteiger partial charge in [-0.2, -0.15) is 9.36 Å². The van der Waals surface area contributed by atoms with Crippen LogP contribution in [0, 0.1) is 5.41 Å². The van der Waals surface area contributed by atoms with E-state index in [1.54, 1.807) is 48.5 Å². The second-order valence-corrected chi connectivity index (χ2v) is 17.5. The zero-order valence-corrected chi connectivity index (χ0v) is 38.4. The number of carbonyl (C=O) groups excluding carboxylic acids is 4. The Morgan fingerprint density at radius 1 is 0.783 bits per heavy atom. The van der Waals surface area contributed by atoms with Gasteiger partial charge in [-0.25, -0.2) is 14.2 Å². The number of benzene rings is 4. The van der Waals surface area contributed by atoms with Gasteiger partial charge >= 0.3 is 11.4 Å². The Labute approximate surface area is 398 Å². The summed E-state index contributed by atoms with van der Waals surface area (Å²) in [5.74, 6) is -1.06. The van der Waals surface area contributed by atoms with Gasteiger partial charge in [0.1, 0.15) is 6.04 Å². The van der Waals surface area contributed by atoms with Crippen LogP contribution in [0.25, 0.3) is 11.4 Å². The lowest BCUT2D eigenvalue weighted by Gasteiger charge is -2.41. The second-order valence-electron chi connectivity index (χ2n) is 17.5. The van der Waals surface area contributed by atoms with E-state index in [0.717, 1.165) is 34.2 Å². The van der Waals surface area contributed by atoms with Crippen molar-refractivity contribution in [2.24, 2.45) is 21.9 Å². The first-order valence-corrected chi connectivity index (χ1v) is 23.2. The van der Waals surface area contributed by atoms with Gasteiger partial charge in [-0.3, -0.25) is 33.9 Å². The smallest absolute Gasteiger partial charge is 0.352 e. The zero-order valence-electron chi connectivity index (χ0n) is 38.4. The van der Waals surface area contributed by atoms with Crippen molar-refractivity contribution >= 4 is 41.7 Å². The highest BCUT2D eigenvalue weighted by Gasteiger charge is 2.41. The number of anilines is 1. The number of aromatic nitrogens is 3. The molecule has 1 unspecified atom stereocenters. The monoisotopic (exact) mass is 941 g/mol. The number of nitrogens with two attached hydrogens (primary N) is 2. The standard InChI is InChI=1S/C49H57N11O6.CH2O2/c50-46(51)53-25-13-22-40(45(64)52-26-27-58-47(65)59(34-14-3-1-4-15-34)60(48(58)66)35-16-5-2-6-17-35)54-41(61)32-49(23-11-12-24-49)33-42(62)56-28-30-57(31-29-56)43-36-18-7-8-19-37(36)44(63)55-39-21-10-9-20-38(39)43;2-1-3/h1-10,14-21,40,43H,11-13,22-33H2,(H,52,64)(H,54,61)(H,55,63)(H4,50,51,53);1H,(H,2,3)/t40-,43?;/m0./s1. The van der Waals surface area contributed by atoms with Crippen LogP contribution in [0.15, 0.2) is 124 Å². The highest BCUT2D eigenvalue weighted by molar-refractivity contribution is 6.07. The van der Waals surface area contributed by atoms with Gasteiger partial charge < -0.3 is 37.4 Å². The van der Waals surface area contributed by atoms with Gasteiger partial charge in [0.2, 0.25) is 17.7 Å². The van der Waals surface area contributed by atoms with Gasteiger partial charge in [0.05, 0.1) is 17.4 Å². The molecule has 3 heterocycles. The third-order valence-corrected chi connectivity index (χ3v) is 13.0. The molecular weight excluding hydrogens is 883 g/mol. The molecule has 4 aromatic carbocycles. The molecule has 362 valence electrons. The van der Waals surface area contributed by atoms with E-state index in [1.807, 2.05) is 65.6 Å². The molecule has 3 aliphatic rings. The number of piperazine rings is 1. The zero-order chi connectivity index (χ0) is 48.9. The number of hydrogen-bond donors (Lipinski definition) is 6. The molecule has 2 fully saturated rings. The van der Waals surface area contributed by atoms with Crippen LogP contribution >= 0.6 is 0 Å². The Kier molecular flexibility index (Phi) is 16.2. The summed E-state index contributed by atoms with van der Waals surface area (Å²) in [7, 11) is 0. The lowest BCUT2D eigenvalue weighted by Crippen LogP contribution is -2.51. The number of guanidine groups is 1. The molecule has 1 saturated carbocycles. The number of fused-ring (bicyclic) bond motifs is 2. The van der Waals surface area contributed by atoms with E-state index in [-0.39, 0.29) is 75.1 Å². The van der Waals surface area contributed by atoms with E-state index in [9.17, 15) is 28.8 Å². The Hall–Kier alpha value is -7.80. The minimum absolute atomic E-state index is 0.00273. The molecule has 5 aromatic rings. The van der Waals surface area contributed by atoms with Crippen molar-refractivity contribution in [3.05, 3.63) is 147 Å². The summed E-state index contributed by atoms with van der Waals surface area (Å²) < 4.78 is 3.67. The molecule has 19 heteroatoms. The predicted octanol–water partition coefficient (Wildman–Crippen LogP) is 2.99. The molecule has 0 radical (unpaired) electrons. The summed E-state index contributed by atoms with van der Waals surface area (Å²) in [5.41, 5.74) is 13.7. The summed E-state index contributed by atoms with van der Waals surface area (Å²) in [4.78, 5) is 99.3. The Morgan fingerprint density at radius 2 is 1.35 bits per heavy atom. The number of amides is 4. The number of aliphatic imine (C=N–C) groups is 1. The topological polar surface area (TPSA) is 261 Å². The van der Waals surface area contributed by atoms with Gasteiger partial charge in [0.25, 0.3) is 12.4 Å². The van der Waals surface area contributed by atoms with Gasteiger partial charge in [0, 0.05) is 69.9 Å². The molecule has 1 saturated heterocycles. The van der Waals surface area contributed by atoms with Crippen molar-refractivity contribution in [2.75, 3.05) is 44.6 Å². The van der Waals surface area contributed by atoms with Gasteiger partial charge in [0.15, 0.2) is 5.96 Å². The summed E-state index contributed by atoms with van der Waals surface area (Å²) in [6, 6.07) is 32.1. The van der Waals surface area contributed by atoms with Crippen LogP contribution in [0.2, 0.25) is 0 Å². The summed E-state index contributed by atoms with van der Waals surface area (Å²) in [5, 5.41) is 15.7. The molecule has 19 nitrogen and oxygen atoms in total. The third-order valence-electron chi connectivity index (χ3n) is 13.0. The Bertz CT molecular complexity index is 2680. The van der Waals surface area contributed by atoms with Crippen molar-refractivity contribution in [1.29, 1.82) is 0 Å².